The van der Waals surface area contributed by atoms with Gasteiger partial charge in [-0.15, -0.1) is 10.2 Å². The Bertz CT molecular complexity index is 1610. The Balaban J connectivity index is 0.00000324. The Hall–Kier alpha value is -1.37. The van der Waals surface area contributed by atoms with Crippen LogP contribution in [-0.2, 0) is 25.0 Å². The van der Waals surface area contributed by atoms with E-state index in [2.05, 4.69) is 38.1 Å². The number of carbonyl (C=O) groups excluding carboxylic acids is 1. The van der Waals surface area contributed by atoms with Gasteiger partial charge in [0, 0.05) is 70.9 Å². The molecular weight excluding hydrogens is 602 g/mol. The van der Waals surface area contributed by atoms with E-state index in [1.807, 2.05) is 0 Å². The first-order valence-corrected chi connectivity index (χ1v) is 12.6. The summed E-state index contributed by atoms with van der Waals surface area (Å²) in [4.78, 5) is 10.5. The number of nitrogens with zero attached hydrogens (tertiary/aromatic N) is 2. The van der Waals surface area contributed by atoms with E-state index in [9.17, 15) is 35.8 Å². The third kappa shape index (κ3) is 7.58. The Morgan fingerprint density at radius 3 is 2.17 bits per heavy atom. The van der Waals surface area contributed by atoms with Crippen LogP contribution in [0.15, 0.2) is 73.5 Å². The maximum atomic E-state index is 11.9. The predicted molar refractivity (Wildman–Crippen MR) is 138 cm³/mol. The molecule has 0 bridgehead atoms. The summed E-state index contributed by atoms with van der Waals surface area (Å²) >= 11 is 2.88. The molecular formula is C19H15BrN4Na2O8S2. The molecule has 0 aliphatic heterocycles. The van der Waals surface area contributed by atoms with Crippen molar-refractivity contribution in [3.8, 4) is 5.75 Å². The van der Waals surface area contributed by atoms with Gasteiger partial charge >= 0.3 is 0 Å². The zero-order valence-electron chi connectivity index (χ0n) is 18.8. The van der Waals surface area contributed by atoms with Crippen molar-refractivity contribution in [3.63, 3.8) is 0 Å². The van der Waals surface area contributed by atoms with Gasteiger partial charge in [-0.25, -0.2) is 0 Å². The van der Waals surface area contributed by atoms with E-state index in [4.69, 9.17) is 5.73 Å². The van der Waals surface area contributed by atoms with E-state index < -0.39 is 41.7 Å². The Labute approximate surface area is 258 Å². The Morgan fingerprint density at radius 1 is 0.972 bits per heavy atom. The molecule has 0 aliphatic rings. The first kappa shape index (κ1) is 32.7. The third-order valence-electron chi connectivity index (χ3n) is 4.37. The van der Waals surface area contributed by atoms with Crippen LogP contribution in [0.4, 0.5) is 22.7 Å². The van der Waals surface area contributed by atoms with Gasteiger partial charge in [0.2, 0.25) is 0 Å². The molecule has 12 nitrogen and oxygen atoms in total. The van der Waals surface area contributed by atoms with Gasteiger partial charge in [-0.3, -0.25) is 13.9 Å². The Morgan fingerprint density at radius 2 is 1.61 bits per heavy atom. The number of rotatable bonds is 6. The maximum Gasteiger partial charge on any atom is 0.296 e. The van der Waals surface area contributed by atoms with Gasteiger partial charge in [-0.1, -0.05) is 12.6 Å². The average molecular weight is 617 g/mol. The molecule has 3 aromatic rings. The van der Waals surface area contributed by atoms with Crippen molar-refractivity contribution in [2.24, 2.45) is 10.2 Å². The van der Waals surface area contributed by atoms with Crippen molar-refractivity contribution in [2.45, 2.75) is 9.79 Å². The van der Waals surface area contributed by atoms with E-state index in [0.717, 1.165) is 24.3 Å². The number of phenols is 1. The monoisotopic (exact) mass is 616 g/mol. The number of fused-ring (bicyclic) bond motifs is 1. The van der Waals surface area contributed by atoms with Crippen molar-refractivity contribution in [1.29, 1.82) is 0 Å². The summed E-state index contributed by atoms with van der Waals surface area (Å²) in [6.07, 6.45) is 0. The van der Waals surface area contributed by atoms with E-state index in [0.29, 0.717) is 0 Å². The fourth-order valence-corrected chi connectivity index (χ4v) is 4.14. The second kappa shape index (κ2) is 12.4. The second-order valence-electron chi connectivity index (χ2n) is 6.74. The molecule has 0 fully saturated rings. The molecule has 2 radical (unpaired) electrons. The first-order chi connectivity index (χ1) is 15.7. The van der Waals surface area contributed by atoms with Crippen LogP contribution in [0.2, 0.25) is 0 Å². The molecule has 17 heteroatoms. The normalized spacial score (nSPS) is 11.5. The number of azo groups is 1. The van der Waals surface area contributed by atoms with Crippen LogP contribution >= 0.6 is 15.9 Å². The molecule has 3 rings (SSSR count). The number of carbonyl (C=O) groups is 1. The minimum Gasteiger partial charge on any atom is -0.507 e. The SMILES string of the molecule is C=C(Br)C(=O)Nc1ccc(N=Nc2c(N)ccc3cc(S(=O)(=O)O)cc(O)c23)c(S(=O)(=O)O)c1.[Na].[Na]. The number of hydrogen-bond acceptors (Lipinski definition) is 9. The largest absolute Gasteiger partial charge is 0.507 e. The van der Waals surface area contributed by atoms with Gasteiger partial charge in [0.25, 0.3) is 26.1 Å². The fraction of sp³-hybridized carbons (Fsp3) is 0. The number of nitrogens with two attached hydrogens (primary N) is 1. The molecule has 6 N–H and O–H groups in total. The first-order valence-electron chi connectivity index (χ1n) is 8.90. The second-order valence-corrected chi connectivity index (χ2v) is 10.5. The van der Waals surface area contributed by atoms with Gasteiger partial charge in [0.1, 0.15) is 22.0 Å². The topological polar surface area (TPSA) is 209 Å². The molecule has 0 spiro atoms. The summed E-state index contributed by atoms with van der Waals surface area (Å²) in [6, 6.07) is 7.95. The summed E-state index contributed by atoms with van der Waals surface area (Å²) in [5.41, 5.74) is 5.46. The van der Waals surface area contributed by atoms with Crippen LogP contribution < -0.4 is 11.1 Å². The number of amides is 1. The molecule has 0 saturated carbocycles. The summed E-state index contributed by atoms with van der Waals surface area (Å²) in [7, 11) is -9.43. The van der Waals surface area contributed by atoms with Crippen LogP contribution in [-0.4, -0.2) is 96.1 Å². The molecule has 0 aliphatic carbocycles. The Kier molecular flexibility index (Phi) is 11.3. The molecule has 3 aromatic carbocycles. The van der Waals surface area contributed by atoms with E-state index in [1.165, 1.54) is 18.2 Å². The van der Waals surface area contributed by atoms with Crippen molar-refractivity contribution in [2.75, 3.05) is 11.1 Å². The van der Waals surface area contributed by atoms with E-state index in [1.54, 1.807) is 0 Å². The van der Waals surface area contributed by atoms with E-state index in [-0.39, 0.29) is 97.1 Å². The number of anilines is 2. The molecule has 1 amide bonds. The molecule has 0 unspecified atom stereocenters. The standard InChI is InChI=1S/C19H15BrN4O8S2.2Na/c1-9(20)19(26)22-11-3-5-14(16(7-11)34(30,31)32)23-24-18-13(21)4-2-10-6-12(33(27,28)29)8-15(25)17(10)18;;/h2-8,25H,1,21H2,(H,22,26)(H,27,28,29)(H,30,31,32);;. The number of phenolic OH excluding ortho intramolecular Hbond substituents is 1. The van der Waals surface area contributed by atoms with Crippen molar-refractivity contribution in [3.05, 3.63) is 53.5 Å². The van der Waals surface area contributed by atoms with Gasteiger partial charge in [-0.05, 0) is 51.6 Å². The minimum atomic E-state index is -4.81. The van der Waals surface area contributed by atoms with Crippen LogP contribution in [0, 0.1) is 0 Å². The average Bonchev–Trinajstić information content (AvgIpc) is 2.72. The van der Waals surface area contributed by atoms with Gasteiger partial charge in [-0.2, -0.15) is 16.8 Å². The smallest absolute Gasteiger partial charge is 0.296 e. The number of hydrogen-bond donors (Lipinski definition) is 5. The molecule has 36 heavy (non-hydrogen) atoms. The van der Waals surface area contributed by atoms with Crippen LogP contribution in [0.25, 0.3) is 10.8 Å². The van der Waals surface area contributed by atoms with Crippen molar-refractivity contribution in [1.82, 2.24) is 0 Å². The number of aromatic hydroxyl groups is 1. The molecule has 0 heterocycles. The number of benzene rings is 3. The number of halogens is 1. The number of nitrogen functional groups attached to an aromatic ring is 1. The predicted octanol–water partition coefficient (Wildman–Crippen LogP) is 3.12. The van der Waals surface area contributed by atoms with Gasteiger partial charge in [0.05, 0.1) is 20.5 Å². The zero-order valence-corrected chi connectivity index (χ0v) is 26.0. The van der Waals surface area contributed by atoms with Gasteiger partial charge in [0.15, 0.2) is 0 Å². The molecule has 0 saturated heterocycles. The number of nitrogens with one attached hydrogen (secondary N) is 1. The summed E-state index contributed by atoms with van der Waals surface area (Å²) in [5.74, 6) is -1.24. The fourth-order valence-electron chi connectivity index (χ4n) is 2.85. The van der Waals surface area contributed by atoms with Crippen molar-refractivity contribution < 1.29 is 35.8 Å². The minimum absolute atomic E-state index is 0. The van der Waals surface area contributed by atoms with Crippen molar-refractivity contribution >= 4 is 135 Å². The van der Waals surface area contributed by atoms with Crippen LogP contribution in [0.3, 0.4) is 0 Å². The summed E-state index contributed by atoms with van der Waals surface area (Å²) < 4.78 is 65.4. The van der Waals surface area contributed by atoms with Crippen LogP contribution in [0.5, 0.6) is 5.75 Å². The maximum absolute atomic E-state index is 11.9. The summed E-state index contributed by atoms with van der Waals surface area (Å²) in [6.45, 7) is 3.39. The van der Waals surface area contributed by atoms with E-state index >= 15 is 0 Å². The third-order valence-corrected chi connectivity index (χ3v) is 6.45. The molecule has 180 valence electrons. The molecule has 0 aromatic heterocycles. The summed E-state index contributed by atoms with van der Waals surface area (Å²) in [5, 5.41) is 20.5. The molecule has 0 atom stereocenters. The zero-order chi connectivity index (χ0) is 25.4. The van der Waals surface area contributed by atoms with Crippen LogP contribution in [0.1, 0.15) is 0 Å². The van der Waals surface area contributed by atoms with Gasteiger partial charge < -0.3 is 16.2 Å². The quantitative estimate of drug-likeness (QED) is 0.0904.